The highest BCUT2D eigenvalue weighted by Gasteiger charge is 2.55. The van der Waals surface area contributed by atoms with Crippen LogP contribution in [0.3, 0.4) is 0 Å². The fraction of sp³-hybridized carbons (Fsp3) is 0.364. The molecule has 0 unspecified atom stereocenters. The van der Waals surface area contributed by atoms with Crippen LogP contribution in [0.15, 0.2) is 49.1 Å². The van der Waals surface area contributed by atoms with Crippen molar-refractivity contribution in [3.8, 4) is 0 Å². The lowest BCUT2D eigenvalue weighted by Gasteiger charge is -2.60. The monoisotopic (exact) mass is 458 g/mol. The van der Waals surface area contributed by atoms with Crippen molar-refractivity contribution in [1.29, 1.82) is 0 Å². The zero-order valence-corrected chi connectivity index (χ0v) is 17.7. The number of nitrogens with zero attached hydrogens (tertiary/aromatic N) is 5. The fourth-order valence-electron chi connectivity index (χ4n) is 4.70. The number of hydrogen-bond donors (Lipinski definition) is 1. The van der Waals surface area contributed by atoms with E-state index >= 15 is 0 Å². The van der Waals surface area contributed by atoms with Crippen LogP contribution in [0, 0.1) is 5.41 Å². The van der Waals surface area contributed by atoms with Gasteiger partial charge in [-0.3, -0.25) is 9.78 Å². The number of hydrogen-bond acceptors (Lipinski definition) is 4. The molecule has 0 radical (unpaired) electrons. The zero-order chi connectivity index (χ0) is 23.4. The van der Waals surface area contributed by atoms with E-state index in [0.717, 1.165) is 25.0 Å². The van der Waals surface area contributed by atoms with E-state index in [2.05, 4.69) is 15.4 Å². The van der Waals surface area contributed by atoms with Gasteiger partial charge in [0.15, 0.2) is 0 Å². The van der Waals surface area contributed by atoms with E-state index in [-0.39, 0.29) is 23.1 Å². The van der Waals surface area contributed by atoms with Gasteiger partial charge in [-0.1, -0.05) is 6.07 Å². The van der Waals surface area contributed by atoms with Crippen LogP contribution in [-0.4, -0.2) is 62.5 Å². The Labute approximate surface area is 187 Å². The number of halogens is 3. The Balaban J connectivity index is 1.15. The van der Waals surface area contributed by atoms with Crippen LogP contribution in [-0.2, 0) is 6.18 Å². The molecule has 5 rings (SSSR count). The standard InChI is InChI=1S/C22H21F3N6O2/c1-29(20(33)28-15-4-2-3-14(7-15)22(23,24)25)16-8-21(9-16)12-30(13-21)19(32)17-10-27-31-6-5-26-11-18(17)31/h2-7,10-11,16H,8-9,12-13H2,1H3,(H,28,33). The smallest absolute Gasteiger partial charge is 0.337 e. The summed E-state index contributed by atoms with van der Waals surface area (Å²) in [7, 11) is 1.63. The van der Waals surface area contributed by atoms with E-state index in [1.54, 1.807) is 41.3 Å². The minimum atomic E-state index is -4.47. The minimum Gasteiger partial charge on any atom is -0.337 e. The summed E-state index contributed by atoms with van der Waals surface area (Å²) >= 11 is 0. The van der Waals surface area contributed by atoms with Gasteiger partial charge in [0.1, 0.15) is 0 Å². The summed E-state index contributed by atoms with van der Waals surface area (Å²) < 4.78 is 40.3. The lowest BCUT2D eigenvalue weighted by molar-refractivity contribution is -0.137. The molecule has 1 aliphatic heterocycles. The summed E-state index contributed by atoms with van der Waals surface area (Å²) in [5, 5.41) is 6.71. The lowest BCUT2D eigenvalue weighted by atomic mass is 9.60. The first kappa shape index (κ1) is 21.2. The first-order valence-corrected chi connectivity index (χ1v) is 10.4. The van der Waals surface area contributed by atoms with E-state index in [0.29, 0.717) is 24.2 Å². The molecule has 1 aliphatic carbocycles. The number of anilines is 1. The molecule has 172 valence electrons. The summed E-state index contributed by atoms with van der Waals surface area (Å²) in [4.78, 5) is 32.7. The predicted molar refractivity (Wildman–Crippen MR) is 113 cm³/mol. The molecule has 3 aromatic rings. The maximum absolute atomic E-state index is 12.9. The van der Waals surface area contributed by atoms with Crippen LogP contribution in [0.4, 0.5) is 23.7 Å². The first-order chi connectivity index (χ1) is 15.7. The van der Waals surface area contributed by atoms with E-state index in [4.69, 9.17) is 0 Å². The van der Waals surface area contributed by atoms with Gasteiger partial charge in [0.05, 0.1) is 29.0 Å². The van der Waals surface area contributed by atoms with Crippen LogP contribution in [0.2, 0.25) is 0 Å². The van der Waals surface area contributed by atoms with Gasteiger partial charge in [-0.2, -0.15) is 18.3 Å². The molecular weight excluding hydrogens is 437 g/mol. The van der Waals surface area contributed by atoms with Crippen molar-refractivity contribution in [2.24, 2.45) is 5.41 Å². The molecule has 2 aliphatic rings. The number of urea groups is 1. The number of alkyl halides is 3. The first-order valence-electron chi connectivity index (χ1n) is 10.4. The topological polar surface area (TPSA) is 82.8 Å². The molecule has 33 heavy (non-hydrogen) atoms. The maximum Gasteiger partial charge on any atom is 0.416 e. The molecule has 1 saturated carbocycles. The van der Waals surface area contributed by atoms with Crippen molar-refractivity contribution in [3.05, 3.63) is 60.2 Å². The lowest BCUT2D eigenvalue weighted by Crippen LogP contribution is -2.67. The van der Waals surface area contributed by atoms with Gasteiger partial charge in [0, 0.05) is 49.7 Å². The predicted octanol–water partition coefficient (Wildman–Crippen LogP) is 3.52. The van der Waals surface area contributed by atoms with Crippen LogP contribution < -0.4 is 5.32 Å². The largest absolute Gasteiger partial charge is 0.416 e. The molecule has 1 aromatic carbocycles. The Bertz CT molecular complexity index is 1230. The highest BCUT2D eigenvalue weighted by molar-refractivity contribution is 6.01. The van der Waals surface area contributed by atoms with Gasteiger partial charge in [-0.05, 0) is 31.0 Å². The summed E-state index contributed by atoms with van der Waals surface area (Å²) in [5.41, 5.74) is 0.421. The van der Waals surface area contributed by atoms with Crippen molar-refractivity contribution in [2.45, 2.75) is 25.1 Å². The number of aromatic nitrogens is 3. The molecule has 1 spiro atoms. The Kier molecular flexibility index (Phi) is 4.80. The summed E-state index contributed by atoms with van der Waals surface area (Å²) in [6.07, 6.45) is 3.42. The summed E-state index contributed by atoms with van der Waals surface area (Å²) in [6, 6.07) is 4.07. The Hall–Kier alpha value is -3.63. The molecule has 11 heteroatoms. The SMILES string of the molecule is CN(C(=O)Nc1cccc(C(F)(F)F)c1)C1CC2(C1)CN(C(=O)c1cnn3ccncc13)C2. The quantitative estimate of drug-likeness (QED) is 0.651. The normalized spacial score (nSPS) is 17.5. The van der Waals surface area contributed by atoms with Gasteiger partial charge < -0.3 is 15.1 Å². The fourth-order valence-corrected chi connectivity index (χ4v) is 4.70. The Morgan fingerprint density at radius 1 is 1.21 bits per heavy atom. The van der Waals surface area contributed by atoms with E-state index in [1.807, 2.05) is 0 Å². The van der Waals surface area contributed by atoms with Gasteiger partial charge in [-0.15, -0.1) is 0 Å². The molecule has 0 atom stereocenters. The van der Waals surface area contributed by atoms with Gasteiger partial charge in [0.2, 0.25) is 0 Å². The van der Waals surface area contributed by atoms with Crippen molar-refractivity contribution in [1.82, 2.24) is 24.4 Å². The molecule has 2 fully saturated rings. The Morgan fingerprint density at radius 3 is 2.70 bits per heavy atom. The molecule has 2 aromatic heterocycles. The number of carbonyl (C=O) groups excluding carboxylic acids is 2. The van der Waals surface area contributed by atoms with E-state index in [1.165, 1.54) is 17.0 Å². The number of rotatable bonds is 3. The molecular formula is C22H21F3N6O2. The van der Waals surface area contributed by atoms with Crippen LogP contribution in [0.25, 0.3) is 5.52 Å². The van der Waals surface area contributed by atoms with E-state index < -0.39 is 17.8 Å². The van der Waals surface area contributed by atoms with Crippen molar-refractivity contribution >= 4 is 23.1 Å². The maximum atomic E-state index is 12.9. The minimum absolute atomic E-state index is 0.0215. The Morgan fingerprint density at radius 2 is 1.97 bits per heavy atom. The van der Waals surface area contributed by atoms with Crippen LogP contribution >= 0.6 is 0 Å². The second-order valence-electron chi connectivity index (χ2n) is 8.81. The number of nitrogens with one attached hydrogen (secondary N) is 1. The number of carbonyl (C=O) groups is 2. The third-order valence-corrected chi connectivity index (χ3v) is 6.54. The van der Waals surface area contributed by atoms with Gasteiger partial charge >= 0.3 is 12.2 Å². The summed E-state index contributed by atoms with van der Waals surface area (Å²) in [5.74, 6) is -0.0947. The number of fused-ring (bicyclic) bond motifs is 1. The molecule has 0 bridgehead atoms. The molecule has 1 saturated heterocycles. The number of amides is 3. The second kappa shape index (κ2) is 7.46. The molecule has 3 amide bonds. The third-order valence-electron chi connectivity index (χ3n) is 6.54. The van der Waals surface area contributed by atoms with Gasteiger partial charge in [0.25, 0.3) is 5.91 Å². The highest BCUT2D eigenvalue weighted by atomic mass is 19.4. The van der Waals surface area contributed by atoms with E-state index in [9.17, 15) is 22.8 Å². The van der Waals surface area contributed by atoms with Crippen molar-refractivity contribution < 1.29 is 22.8 Å². The number of benzene rings is 1. The second-order valence-corrected chi connectivity index (χ2v) is 8.81. The highest BCUT2D eigenvalue weighted by Crippen LogP contribution is 2.50. The van der Waals surface area contributed by atoms with Crippen LogP contribution in [0.1, 0.15) is 28.8 Å². The van der Waals surface area contributed by atoms with Crippen molar-refractivity contribution in [2.75, 3.05) is 25.5 Å². The average Bonchev–Trinajstić information content (AvgIpc) is 3.15. The van der Waals surface area contributed by atoms with Gasteiger partial charge in [-0.25, -0.2) is 9.31 Å². The zero-order valence-electron chi connectivity index (χ0n) is 17.7. The molecule has 8 nitrogen and oxygen atoms in total. The molecule has 1 N–H and O–H groups in total. The average molecular weight is 458 g/mol. The summed E-state index contributed by atoms with van der Waals surface area (Å²) in [6.45, 7) is 1.20. The molecule has 3 heterocycles. The number of likely N-dealkylation sites (tertiary alicyclic amines) is 1. The van der Waals surface area contributed by atoms with Crippen molar-refractivity contribution in [3.63, 3.8) is 0 Å². The van der Waals surface area contributed by atoms with Crippen LogP contribution in [0.5, 0.6) is 0 Å². The third kappa shape index (κ3) is 3.77.